The van der Waals surface area contributed by atoms with Gasteiger partial charge < -0.3 is 4.90 Å². The number of allylic oxidation sites excluding steroid dienone is 3. The van der Waals surface area contributed by atoms with Crippen molar-refractivity contribution in [1.29, 1.82) is 0 Å². The zero-order valence-corrected chi connectivity index (χ0v) is 14.7. The molecule has 0 aromatic rings. The van der Waals surface area contributed by atoms with Gasteiger partial charge in [0, 0.05) is 25.4 Å². The van der Waals surface area contributed by atoms with Crippen LogP contribution in [0.3, 0.4) is 0 Å². The molecule has 2 fully saturated rings. The second-order valence-electron chi connectivity index (χ2n) is 7.33. The fourth-order valence-electron chi connectivity index (χ4n) is 4.82. The summed E-state index contributed by atoms with van der Waals surface area (Å²) in [4.78, 5) is 20.0. The van der Waals surface area contributed by atoms with Crippen LogP contribution in [-0.4, -0.2) is 46.7 Å². The highest BCUT2D eigenvalue weighted by atomic mass is 32.2. The molecule has 1 spiro atoms. The van der Waals surface area contributed by atoms with Crippen molar-refractivity contribution in [1.82, 2.24) is 4.90 Å². The predicted octanol–water partition coefficient (Wildman–Crippen LogP) is 3.47. The van der Waals surface area contributed by atoms with Gasteiger partial charge in [-0.2, -0.15) is 0 Å². The van der Waals surface area contributed by atoms with Gasteiger partial charge in [-0.1, -0.05) is 37.5 Å². The Bertz CT molecular complexity index is 576. The predicted molar refractivity (Wildman–Crippen MR) is 97.0 cm³/mol. The smallest absolute Gasteiger partial charge is 0.226 e. The van der Waals surface area contributed by atoms with Gasteiger partial charge in [-0.15, -0.1) is 11.8 Å². The third kappa shape index (κ3) is 2.50. The first-order valence-corrected chi connectivity index (χ1v) is 10.0. The normalized spacial score (nSPS) is 36.3. The van der Waals surface area contributed by atoms with E-state index in [9.17, 15) is 4.79 Å². The topological polar surface area (TPSA) is 32.7 Å². The molecular weight excluding hydrogens is 304 g/mol. The lowest BCUT2D eigenvalue weighted by molar-refractivity contribution is -0.137. The second kappa shape index (κ2) is 6.12. The van der Waals surface area contributed by atoms with Gasteiger partial charge in [0.25, 0.3) is 0 Å². The van der Waals surface area contributed by atoms with Crippen molar-refractivity contribution in [2.75, 3.05) is 19.3 Å². The first-order chi connectivity index (χ1) is 11.2. The highest BCUT2D eigenvalue weighted by Gasteiger charge is 2.54. The van der Waals surface area contributed by atoms with Crippen LogP contribution in [0, 0.1) is 11.8 Å². The van der Waals surface area contributed by atoms with E-state index in [0.29, 0.717) is 17.9 Å². The van der Waals surface area contributed by atoms with Gasteiger partial charge in [-0.25, -0.2) is 0 Å². The molecule has 124 valence electrons. The van der Waals surface area contributed by atoms with Crippen LogP contribution in [0.5, 0.6) is 0 Å². The summed E-state index contributed by atoms with van der Waals surface area (Å²) in [6, 6.07) is 0.469. The molecule has 4 heteroatoms. The van der Waals surface area contributed by atoms with Gasteiger partial charge in [0.1, 0.15) is 0 Å². The zero-order valence-electron chi connectivity index (χ0n) is 13.9. The number of hydrogen-bond acceptors (Lipinski definition) is 3. The van der Waals surface area contributed by atoms with Crippen LogP contribution >= 0.6 is 11.8 Å². The summed E-state index contributed by atoms with van der Waals surface area (Å²) in [5.74, 6) is 1.90. The third-order valence-corrected chi connectivity index (χ3v) is 7.81. The molecule has 2 aliphatic carbocycles. The van der Waals surface area contributed by atoms with Crippen LogP contribution < -0.4 is 0 Å². The summed E-state index contributed by atoms with van der Waals surface area (Å²) in [6.45, 7) is 0.872. The molecule has 3 unspecified atom stereocenters. The summed E-state index contributed by atoms with van der Waals surface area (Å²) in [5, 5.41) is 0. The van der Waals surface area contributed by atoms with E-state index >= 15 is 0 Å². The molecule has 1 saturated heterocycles. The Labute approximate surface area is 143 Å². The molecular formula is C19H26N2OS. The fraction of sp³-hybridized carbons (Fsp3) is 0.684. The number of hydrogen-bond donors (Lipinski definition) is 0. The quantitative estimate of drug-likeness (QED) is 0.777. The Morgan fingerprint density at radius 1 is 1.26 bits per heavy atom. The van der Waals surface area contributed by atoms with Crippen LogP contribution in [0.2, 0.25) is 0 Å². The largest absolute Gasteiger partial charge is 0.343 e. The monoisotopic (exact) mass is 330 g/mol. The van der Waals surface area contributed by atoms with Crippen molar-refractivity contribution in [3.63, 3.8) is 0 Å². The van der Waals surface area contributed by atoms with Gasteiger partial charge in [-0.3, -0.25) is 9.79 Å². The van der Waals surface area contributed by atoms with E-state index in [4.69, 9.17) is 4.99 Å². The van der Waals surface area contributed by atoms with Gasteiger partial charge >= 0.3 is 0 Å². The fourth-order valence-corrected chi connectivity index (χ4v) is 6.60. The van der Waals surface area contributed by atoms with Crippen molar-refractivity contribution in [2.24, 2.45) is 16.8 Å². The first kappa shape index (κ1) is 15.5. The minimum Gasteiger partial charge on any atom is -0.343 e. The van der Waals surface area contributed by atoms with Gasteiger partial charge in [0.15, 0.2) is 0 Å². The van der Waals surface area contributed by atoms with Crippen LogP contribution in [-0.2, 0) is 4.79 Å². The number of carbonyl (C=O) groups excluding carboxylic acids is 1. The van der Waals surface area contributed by atoms with Gasteiger partial charge in [0.2, 0.25) is 5.91 Å². The average molecular weight is 330 g/mol. The molecule has 1 amide bonds. The molecule has 4 rings (SSSR count). The molecule has 3 nitrogen and oxygen atoms in total. The number of rotatable bonds is 2. The van der Waals surface area contributed by atoms with E-state index in [1.165, 1.54) is 37.8 Å². The number of thioether (sulfide) groups is 1. The van der Waals surface area contributed by atoms with Crippen molar-refractivity contribution >= 4 is 23.4 Å². The van der Waals surface area contributed by atoms with Crippen LogP contribution in [0.4, 0.5) is 0 Å². The second-order valence-corrected chi connectivity index (χ2v) is 8.63. The molecule has 2 aliphatic heterocycles. The third-order valence-electron chi connectivity index (χ3n) is 6.16. The maximum atomic E-state index is 13.2. The zero-order chi connectivity index (χ0) is 15.9. The van der Waals surface area contributed by atoms with E-state index in [2.05, 4.69) is 29.2 Å². The van der Waals surface area contributed by atoms with Crippen molar-refractivity contribution in [2.45, 2.75) is 49.3 Å². The standard InChI is InChI=1S/C19H26N2OS/c1-21(14-7-3-2-4-8-14)18(22)15-13-23-19-11-6-5-9-17(19)20-12-10-16(15)19/h5-6,9,11,14-16H,2-4,7-8,10,12-13H2,1H3. The number of nitrogens with zero attached hydrogens (tertiary/aromatic N) is 2. The number of carbonyl (C=O) groups is 1. The van der Waals surface area contributed by atoms with Crippen LogP contribution in [0.15, 0.2) is 29.3 Å². The van der Waals surface area contributed by atoms with E-state index < -0.39 is 0 Å². The minimum atomic E-state index is -0.0271. The summed E-state index contributed by atoms with van der Waals surface area (Å²) in [5.41, 5.74) is 1.19. The summed E-state index contributed by atoms with van der Waals surface area (Å²) in [6.07, 6.45) is 16.0. The Balaban J connectivity index is 1.54. The van der Waals surface area contributed by atoms with Crippen LogP contribution in [0.25, 0.3) is 0 Å². The van der Waals surface area contributed by atoms with Crippen LogP contribution in [0.1, 0.15) is 38.5 Å². The van der Waals surface area contributed by atoms with Crippen molar-refractivity contribution < 1.29 is 4.79 Å². The van der Waals surface area contributed by atoms with Gasteiger partial charge in [0.05, 0.1) is 16.4 Å². The maximum Gasteiger partial charge on any atom is 0.226 e. The maximum absolute atomic E-state index is 13.2. The molecule has 2 heterocycles. The Hall–Kier alpha value is -1.03. The van der Waals surface area contributed by atoms with E-state index in [1.807, 2.05) is 18.8 Å². The summed E-state index contributed by atoms with van der Waals surface area (Å²) in [7, 11) is 2.04. The van der Waals surface area contributed by atoms with Crippen molar-refractivity contribution in [3.8, 4) is 0 Å². The summed E-state index contributed by atoms with van der Waals surface area (Å²) >= 11 is 1.94. The van der Waals surface area contributed by atoms with Crippen molar-refractivity contribution in [3.05, 3.63) is 24.3 Å². The number of amides is 1. The lowest BCUT2D eigenvalue weighted by atomic mass is 9.73. The molecule has 4 aliphatic rings. The highest BCUT2D eigenvalue weighted by molar-refractivity contribution is 8.02. The highest BCUT2D eigenvalue weighted by Crippen LogP contribution is 2.53. The average Bonchev–Trinajstić information content (AvgIpc) is 2.99. The molecule has 0 aromatic heterocycles. The summed E-state index contributed by atoms with van der Waals surface area (Å²) < 4.78 is -0.0271. The van der Waals surface area contributed by atoms with E-state index in [0.717, 1.165) is 18.7 Å². The SMILES string of the molecule is CN(C(=O)C1CSC23C=CC=CC2=NCCC13)C1CCCCC1. The molecule has 0 N–H and O–H groups in total. The molecule has 0 aromatic carbocycles. The molecule has 3 atom stereocenters. The first-order valence-electron chi connectivity index (χ1n) is 9.04. The van der Waals surface area contributed by atoms with E-state index in [-0.39, 0.29) is 10.7 Å². The van der Waals surface area contributed by atoms with Gasteiger partial charge in [-0.05, 0) is 31.3 Å². The van der Waals surface area contributed by atoms with E-state index in [1.54, 1.807) is 0 Å². The lowest BCUT2D eigenvalue weighted by Crippen LogP contribution is -2.48. The molecule has 1 saturated carbocycles. The minimum absolute atomic E-state index is 0.0271. The number of aliphatic imine (C=N–C) groups is 1. The molecule has 0 radical (unpaired) electrons. The Morgan fingerprint density at radius 3 is 2.91 bits per heavy atom. The molecule has 0 bridgehead atoms. The Kier molecular flexibility index (Phi) is 4.12. The Morgan fingerprint density at radius 2 is 2.09 bits per heavy atom. The lowest BCUT2D eigenvalue weighted by Gasteiger charge is -2.40. The molecule has 23 heavy (non-hydrogen) atoms.